The molecule has 0 aliphatic carbocycles. The predicted octanol–water partition coefficient (Wildman–Crippen LogP) is 5.19. The number of hydrogen-bond donors (Lipinski definition) is 0. The molecule has 29 heavy (non-hydrogen) atoms. The standard InChI is InChI=1S/C21H19N3O4S/c1-21(2)10-15-8-14(9-18(27-3)19(15)28-21)17-12-29-20(23-17)22-11-13-4-6-16(7-5-13)24(25)26/h4-9,11-12H,10H2,1-3H3/b22-11+. The van der Waals surface area contributed by atoms with E-state index >= 15 is 0 Å². The average Bonchev–Trinajstić information content (AvgIpc) is 3.28. The van der Waals surface area contributed by atoms with Crippen LogP contribution in [0.5, 0.6) is 11.5 Å². The maximum atomic E-state index is 10.7. The van der Waals surface area contributed by atoms with Crippen molar-refractivity contribution in [1.82, 2.24) is 4.98 Å². The summed E-state index contributed by atoms with van der Waals surface area (Å²) in [5.74, 6) is 1.50. The van der Waals surface area contributed by atoms with Gasteiger partial charge in [-0.05, 0) is 43.7 Å². The quantitative estimate of drug-likeness (QED) is 0.329. The van der Waals surface area contributed by atoms with Gasteiger partial charge in [-0.3, -0.25) is 10.1 Å². The fourth-order valence-electron chi connectivity index (χ4n) is 3.25. The second kappa shape index (κ2) is 7.29. The molecule has 2 aromatic carbocycles. The zero-order valence-electron chi connectivity index (χ0n) is 16.2. The molecule has 148 valence electrons. The molecule has 1 aromatic heterocycles. The van der Waals surface area contributed by atoms with Crippen molar-refractivity contribution in [2.45, 2.75) is 25.9 Å². The van der Waals surface area contributed by atoms with Gasteiger partial charge in [0.2, 0.25) is 5.13 Å². The van der Waals surface area contributed by atoms with Crippen molar-refractivity contribution in [3.05, 3.63) is 63.0 Å². The van der Waals surface area contributed by atoms with Crippen LogP contribution in [0.3, 0.4) is 0 Å². The zero-order chi connectivity index (χ0) is 20.6. The van der Waals surface area contributed by atoms with Gasteiger partial charge in [0.25, 0.3) is 5.69 Å². The van der Waals surface area contributed by atoms with Gasteiger partial charge in [0.15, 0.2) is 11.5 Å². The van der Waals surface area contributed by atoms with E-state index in [9.17, 15) is 10.1 Å². The van der Waals surface area contributed by atoms with E-state index in [1.807, 2.05) is 11.4 Å². The number of nitrogens with zero attached hydrogens (tertiary/aromatic N) is 3. The van der Waals surface area contributed by atoms with Crippen molar-refractivity contribution in [3.63, 3.8) is 0 Å². The van der Waals surface area contributed by atoms with Gasteiger partial charge >= 0.3 is 0 Å². The fourth-order valence-corrected chi connectivity index (χ4v) is 3.92. The van der Waals surface area contributed by atoms with E-state index in [2.05, 4.69) is 29.9 Å². The molecule has 0 atom stereocenters. The maximum absolute atomic E-state index is 10.7. The van der Waals surface area contributed by atoms with Crippen LogP contribution in [0.25, 0.3) is 11.3 Å². The summed E-state index contributed by atoms with van der Waals surface area (Å²) in [6.45, 7) is 4.11. The molecule has 0 unspecified atom stereocenters. The number of ether oxygens (including phenoxy) is 2. The number of thiazole rings is 1. The first-order chi connectivity index (χ1) is 13.8. The van der Waals surface area contributed by atoms with Gasteiger partial charge in [-0.2, -0.15) is 0 Å². The second-order valence-electron chi connectivity index (χ2n) is 7.33. The number of methoxy groups -OCH3 is 1. The zero-order valence-corrected chi connectivity index (χ0v) is 17.0. The van der Waals surface area contributed by atoms with Crippen LogP contribution < -0.4 is 9.47 Å². The predicted molar refractivity (Wildman–Crippen MR) is 113 cm³/mol. The molecule has 0 fully saturated rings. The molecule has 0 N–H and O–H groups in total. The van der Waals surface area contributed by atoms with Crippen LogP contribution in [0.1, 0.15) is 25.0 Å². The maximum Gasteiger partial charge on any atom is 0.269 e. The Morgan fingerprint density at radius 3 is 2.76 bits per heavy atom. The third kappa shape index (κ3) is 3.97. The highest BCUT2D eigenvalue weighted by atomic mass is 32.1. The van der Waals surface area contributed by atoms with Gasteiger partial charge in [0.05, 0.1) is 17.7 Å². The Morgan fingerprint density at radius 2 is 2.07 bits per heavy atom. The molecule has 0 bridgehead atoms. The summed E-state index contributed by atoms with van der Waals surface area (Å²) >= 11 is 1.43. The molecule has 7 nitrogen and oxygen atoms in total. The number of benzene rings is 2. The highest BCUT2D eigenvalue weighted by Crippen LogP contribution is 2.44. The summed E-state index contributed by atoms with van der Waals surface area (Å²) < 4.78 is 11.5. The van der Waals surface area contributed by atoms with Gasteiger partial charge in [0.1, 0.15) is 5.60 Å². The number of aliphatic imine (C=N–C) groups is 1. The van der Waals surface area contributed by atoms with Crippen LogP contribution in [0.15, 0.2) is 46.8 Å². The summed E-state index contributed by atoms with van der Waals surface area (Å²) in [5.41, 5.74) is 3.44. The molecule has 8 heteroatoms. The summed E-state index contributed by atoms with van der Waals surface area (Å²) in [5, 5.41) is 13.3. The third-order valence-corrected chi connectivity index (χ3v) is 5.31. The molecule has 0 radical (unpaired) electrons. The van der Waals surface area contributed by atoms with Crippen LogP contribution in [-0.2, 0) is 6.42 Å². The average molecular weight is 409 g/mol. The van der Waals surface area contributed by atoms with Crippen LogP contribution in [-0.4, -0.2) is 28.8 Å². The number of hydrogen-bond acceptors (Lipinski definition) is 7. The summed E-state index contributed by atoms with van der Waals surface area (Å²) in [6, 6.07) is 10.2. The van der Waals surface area contributed by atoms with Gasteiger partial charge in [-0.1, -0.05) is 0 Å². The van der Waals surface area contributed by atoms with Gasteiger partial charge in [0, 0.05) is 41.3 Å². The second-order valence-corrected chi connectivity index (χ2v) is 8.16. The van der Waals surface area contributed by atoms with Crippen LogP contribution in [0, 0.1) is 10.1 Å². The Labute approximate surface area is 171 Å². The molecular formula is C21H19N3O4S. The van der Waals surface area contributed by atoms with Crippen LogP contribution >= 0.6 is 11.3 Å². The normalized spacial score (nSPS) is 14.6. The van der Waals surface area contributed by atoms with E-state index in [1.165, 1.54) is 23.5 Å². The molecular weight excluding hydrogens is 390 g/mol. The van der Waals surface area contributed by atoms with Crippen molar-refractivity contribution in [2.24, 2.45) is 4.99 Å². The highest BCUT2D eigenvalue weighted by molar-refractivity contribution is 7.13. The number of aromatic nitrogens is 1. The first-order valence-corrected chi connectivity index (χ1v) is 9.87. The minimum absolute atomic E-state index is 0.0522. The summed E-state index contributed by atoms with van der Waals surface area (Å²) in [7, 11) is 1.63. The van der Waals surface area contributed by atoms with Crippen molar-refractivity contribution in [3.8, 4) is 22.8 Å². The molecule has 0 saturated heterocycles. The molecule has 2 heterocycles. The minimum atomic E-state index is -0.426. The monoisotopic (exact) mass is 409 g/mol. The fraction of sp³-hybridized carbons (Fsp3) is 0.238. The Hall–Kier alpha value is -3.26. The first-order valence-electron chi connectivity index (χ1n) is 8.99. The lowest BCUT2D eigenvalue weighted by Crippen LogP contribution is -2.24. The van der Waals surface area contributed by atoms with Crippen molar-refractivity contribution < 1.29 is 14.4 Å². The molecule has 0 amide bonds. The van der Waals surface area contributed by atoms with Gasteiger partial charge in [-0.25, -0.2) is 9.98 Å². The number of nitro groups is 1. The van der Waals surface area contributed by atoms with E-state index in [4.69, 9.17) is 9.47 Å². The Morgan fingerprint density at radius 1 is 1.31 bits per heavy atom. The summed E-state index contributed by atoms with van der Waals surface area (Å²) in [4.78, 5) is 19.3. The lowest BCUT2D eigenvalue weighted by Gasteiger charge is -2.17. The van der Waals surface area contributed by atoms with Gasteiger partial charge < -0.3 is 9.47 Å². The SMILES string of the molecule is COc1cc(-c2csc(/N=C/c3ccc([N+](=O)[O-])cc3)n2)cc2c1OC(C)(C)C2. The van der Waals surface area contributed by atoms with Crippen molar-refractivity contribution in [1.29, 1.82) is 0 Å². The van der Waals surface area contributed by atoms with E-state index in [1.54, 1.807) is 25.5 Å². The van der Waals surface area contributed by atoms with Gasteiger partial charge in [-0.15, -0.1) is 11.3 Å². The number of nitro benzene ring substituents is 1. The molecule has 1 aliphatic rings. The smallest absolute Gasteiger partial charge is 0.269 e. The minimum Gasteiger partial charge on any atom is -0.493 e. The highest BCUT2D eigenvalue weighted by Gasteiger charge is 2.33. The van der Waals surface area contributed by atoms with E-state index in [0.717, 1.165) is 34.6 Å². The Bertz CT molecular complexity index is 1100. The van der Waals surface area contributed by atoms with Crippen LogP contribution in [0.4, 0.5) is 10.8 Å². The number of fused-ring (bicyclic) bond motifs is 1. The molecule has 3 aromatic rings. The number of non-ortho nitro benzene ring substituents is 1. The third-order valence-electron chi connectivity index (χ3n) is 4.56. The van der Waals surface area contributed by atoms with E-state index < -0.39 is 4.92 Å². The summed E-state index contributed by atoms with van der Waals surface area (Å²) in [6.07, 6.45) is 2.45. The van der Waals surface area contributed by atoms with Crippen molar-refractivity contribution in [2.75, 3.05) is 7.11 Å². The first kappa shape index (κ1) is 19.1. The Kier molecular flexibility index (Phi) is 4.79. The number of rotatable bonds is 5. The molecule has 1 aliphatic heterocycles. The largest absolute Gasteiger partial charge is 0.493 e. The van der Waals surface area contributed by atoms with E-state index in [0.29, 0.717) is 10.9 Å². The lowest BCUT2D eigenvalue weighted by atomic mass is 9.99. The topological polar surface area (TPSA) is 86.9 Å². The van der Waals surface area contributed by atoms with Crippen molar-refractivity contribution >= 4 is 28.4 Å². The molecule has 0 saturated carbocycles. The lowest BCUT2D eigenvalue weighted by molar-refractivity contribution is -0.384. The Balaban J connectivity index is 1.57. The molecule has 4 rings (SSSR count). The van der Waals surface area contributed by atoms with Crippen LogP contribution in [0.2, 0.25) is 0 Å². The molecule has 0 spiro atoms. The van der Waals surface area contributed by atoms with E-state index in [-0.39, 0.29) is 11.3 Å².